The molecule has 30 heavy (non-hydrogen) atoms. The smallest absolute Gasteiger partial charge is 0.340 e. The summed E-state index contributed by atoms with van der Waals surface area (Å²) in [6.07, 6.45) is 1.64. The van der Waals surface area contributed by atoms with Gasteiger partial charge in [-0.3, -0.25) is 4.98 Å². The fraction of sp³-hybridized carbons (Fsp3) is 0.273. The highest BCUT2D eigenvalue weighted by molar-refractivity contribution is 7.98. The van der Waals surface area contributed by atoms with Gasteiger partial charge in [0.2, 0.25) is 0 Å². The van der Waals surface area contributed by atoms with Crippen LogP contribution in [0.2, 0.25) is 0 Å². The van der Waals surface area contributed by atoms with E-state index in [1.54, 1.807) is 13.2 Å². The molecule has 1 aromatic carbocycles. The summed E-state index contributed by atoms with van der Waals surface area (Å²) >= 11 is 1.48. The van der Waals surface area contributed by atoms with Crippen LogP contribution in [-0.2, 0) is 17.5 Å². The quantitative estimate of drug-likeness (QED) is 0.329. The van der Waals surface area contributed by atoms with Crippen LogP contribution >= 0.6 is 11.8 Å². The number of ether oxygens (including phenoxy) is 1. The number of carbonyl (C=O) groups excluding carboxylic acids is 1. The molecule has 4 rings (SSSR count). The molecule has 0 bridgehead atoms. The number of hydrogen-bond acceptors (Lipinski definition) is 7. The lowest BCUT2D eigenvalue weighted by molar-refractivity contribution is 0.0524. The van der Waals surface area contributed by atoms with Crippen LogP contribution in [0.15, 0.2) is 46.2 Å². The maximum atomic E-state index is 12.7. The number of carbonyl (C=O) groups is 1. The lowest BCUT2D eigenvalue weighted by Gasteiger charge is -2.13. The van der Waals surface area contributed by atoms with Crippen molar-refractivity contribution in [1.29, 1.82) is 0 Å². The van der Waals surface area contributed by atoms with E-state index in [4.69, 9.17) is 14.1 Å². The number of aromatic nitrogens is 4. The minimum absolute atomic E-state index is 0.314. The zero-order valence-corrected chi connectivity index (χ0v) is 18.1. The van der Waals surface area contributed by atoms with Crippen molar-refractivity contribution in [2.75, 3.05) is 6.61 Å². The molecule has 0 aliphatic carbocycles. The van der Waals surface area contributed by atoms with Crippen LogP contribution in [-0.4, -0.2) is 32.3 Å². The molecule has 0 atom stereocenters. The number of pyridine rings is 1. The van der Waals surface area contributed by atoms with Crippen molar-refractivity contribution < 1.29 is 13.9 Å². The maximum Gasteiger partial charge on any atom is 0.340 e. The second-order valence-corrected chi connectivity index (χ2v) is 7.78. The summed E-state index contributed by atoms with van der Waals surface area (Å²) in [4.78, 5) is 17.5. The number of aryl methyl sites for hydroxylation is 2. The van der Waals surface area contributed by atoms with Crippen molar-refractivity contribution in [3.63, 3.8) is 0 Å². The van der Waals surface area contributed by atoms with E-state index < -0.39 is 0 Å². The van der Waals surface area contributed by atoms with Gasteiger partial charge in [-0.05, 0) is 38.5 Å². The van der Waals surface area contributed by atoms with E-state index in [1.165, 1.54) is 11.8 Å². The SMILES string of the molecule is CCOC(=O)c1c(CSc2nnc(-c3ccoc3C)n2C)nc2ccccc2c1C. The zero-order valence-electron chi connectivity index (χ0n) is 17.3. The van der Waals surface area contributed by atoms with E-state index in [0.29, 0.717) is 23.6 Å². The predicted molar refractivity (Wildman–Crippen MR) is 115 cm³/mol. The molecule has 154 valence electrons. The number of furan rings is 1. The van der Waals surface area contributed by atoms with Crippen molar-refractivity contribution in [2.45, 2.75) is 31.7 Å². The fourth-order valence-corrected chi connectivity index (χ4v) is 4.30. The first-order valence-corrected chi connectivity index (χ1v) is 10.6. The number of benzene rings is 1. The topological polar surface area (TPSA) is 83.0 Å². The monoisotopic (exact) mass is 422 g/mol. The Balaban J connectivity index is 1.69. The molecule has 0 radical (unpaired) electrons. The van der Waals surface area contributed by atoms with Crippen molar-refractivity contribution in [3.8, 4) is 11.4 Å². The molecule has 0 saturated heterocycles. The van der Waals surface area contributed by atoms with Crippen LogP contribution in [0.3, 0.4) is 0 Å². The van der Waals surface area contributed by atoms with Crippen LogP contribution in [0.25, 0.3) is 22.3 Å². The van der Waals surface area contributed by atoms with Gasteiger partial charge in [-0.15, -0.1) is 10.2 Å². The molecule has 0 spiro atoms. The van der Waals surface area contributed by atoms with Gasteiger partial charge in [0.15, 0.2) is 11.0 Å². The van der Waals surface area contributed by atoms with E-state index in [-0.39, 0.29) is 5.97 Å². The van der Waals surface area contributed by atoms with E-state index in [2.05, 4.69) is 10.2 Å². The van der Waals surface area contributed by atoms with Crippen LogP contribution in [0.1, 0.15) is 34.3 Å². The van der Waals surface area contributed by atoms with Crippen molar-refractivity contribution in [1.82, 2.24) is 19.7 Å². The normalized spacial score (nSPS) is 11.2. The second-order valence-electron chi connectivity index (χ2n) is 6.84. The van der Waals surface area contributed by atoms with Gasteiger partial charge >= 0.3 is 5.97 Å². The first-order valence-electron chi connectivity index (χ1n) is 9.63. The Morgan fingerprint density at radius 1 is 1.20 bits per heavy atom. The van der Waals surface area contributed by atoms with Gasteiger partial charge < -0.3 is 13.7 Å². The molecule has 0 fully saturated rings. The predicted octanol–water partition coefficient (Wildman–Crippen LogP) is 4.71. The highest BCUT2D eigenvalue weighted by Gasteiger charge is 2.21. The third-order valence-corrected chi connectivity index (χ3v) is 6.01. The van der Waals surface area contributed by atoms with E-state index in [1.807, 2.05) is 55.8 Å². The van der Waals surface area contributed by atoms with Gasteiger partial charge in [0.1, 0.15) is 5.76 Å². The summed E-state index contributed by atoms with van der Waals surface area (Å²) in [5.41, 5.74) is 3.84. The highest BCUT2D eigenvalue weighted by Crippen LogP contribution is 2.30. The molecule has 7 nitrogen and oxygen atoms in total. The summed E-state index contributed by atoms with van der Waals surface area (Å²) in [7, 11) is 1.91. The first-order chi connectivity index (χ1) is 14.5. The molecule has 8 heteroatoms. The molecule has 0 aliphatic heterocycles. The second kappa shape index (κ2) is 8.31. The van der Waals surface area contributed by atoms with Gasteiger partial charge in [0.05, 0.1) is 35.2 Å². The fourth-order valence-electron chi connectivity index (χ4n) is 3.44. The molecule has 0 amide bonds. The number of fused-ring (bicyclic) bond motifs is 1. The van der Waals surface area contributed by atoms with E-state index in [0.717, 1.165) is 38.8 Å². The summed E-state index contributed by atoms with van der Waals surface area (Å²) in [5.74, 6) is 1.64. The number of para-hydroxylation sites is 1. The van der Waals surface area contributed by atoms with E-state index in [9.17, 15) is 4.79 Å². The minimum atomic E-state index is -0.350. The largest absolute Gasteiger partial charge is 0.469 e. The zero-order chi connectivity index (χ0) is 21.3. The van der Waals surface area contributed by atoms with E-state index >= 15 is 0 Å². The molecular formula is C22H22N4O3S. The third kappa shape index (κ3) is 3.59. The van der Waals surface area contributed by atoms with Crippen LogP contribution in [0, 0.1) is 13.8 Å². The average Bonchev–Trinajstić information content (AvgIpc) is 3.31. The van der Waals surface area contributed by atoms with Crippen molar-refractivity contribution in [2.24, 2.45) is 7.05 Å². The molecule has 4 aromatic rings. The Kier molecular flexibility index (Phi) is 5.59. The van der Waals surface area contributed by atoms with Crippen molar-refractivity contribution in [3.05, 3.63) is 59.2 Å². The number of esters is 1. The van der Waals surface area contributed by atoms with Gasteiger partial charge in [0.25, 0.3) is 0 Å². The average molecular weight is 423 g/mol. The molecule has 0 unspecified atom stereocenters. The van der Waals surface area contributed by atoms with Crippen LogP contribution in [0.5, 0.6) is 0 Å². The van der Waals surface area contributed by atoms with Gasteiger partial charge in [-0.2, -0.15) is 0 Å². The highest BCUT2D eigenvalue weighted by atomic mass is 32.2. The molecular weight excluding hydrogens is 400 g/mol. The number of hydrogen-bond donors (Lipinski definition) is 0. The molecule has 3 aromatic heterocycles. The lowest BCUT2D eigenvalue weighted by Crippen LogP contribution is -2.12. The first kappa shape index (κ1) is 20.2. The molecule has 0 aliphatic rings. The Labute approximate surface area is 178 Å². The maximum absolute atomic E-state index is 12.7. The Bertz CT molecular complexity index is 1230. The summed E-state index contributed by atoms with van der Waals surface area (Å²) in [6, 6.07) is 9.69. The van der Waals surface area contributed by atoms with Gasteiger partial charge in [-0.25, -0.2) is 4.79 Å². The number of thioether (sulfide) groups is 1. The van der Waals surface area contributed by atoms with Gasteiger partial charge in [0, 0.05) is 18.2 Å². The minimum Gasteiger partial charge on any atom is -0.469 e. The number of rotatable bonds is 6. The molecule has 3 heterocycles. The van der Waals surface area contributed by atoms with Crippen LogP contribution < -0.4 is 0 Å². The van der Waals surface area contributed by atoms with Gasteiger partial charge in [-0.1, -0.05) is 30.0 Å². The molecule has 0 saturated carbocycles. The summed E-state index contributed by atoms with van der Waals surface area (Å²) < 4.78 is 12.6. The Morgan fingerprint density at radius 2 is 2.00 bits per heavy atom. The lowest BCUT2D eigenvalue weighted by atomic mass is 10.0. The number of nitrogens with zero attached hydrogens (tertiary/aromatic N) is 4. The summed E-state index contributed by atoms with van der Waals surface area (Å²) in [5, 5.41) is 10.3. The van der Waals surface area contributed by atoms with Crippen molar-refractivity contribution >= 4 is 28.6 Å². The standard InChI is InChI=1S/C22H22N4O3S/c1-5-28-21(27)19-13(2)15-8-6-7-9-17(15)23-18(19)12-30-22-25-24-20(26(22)4)16-10-11-29-14(16)3/h6-11H,5,12H2,1-4H3. The Morgan fingerprint density at radius 3 is 2.73 bits per heavy atom. The third-order valence-electron chi connectivity index (χ3n) is 4.98. The summed E-state index contributed by atoms with van der Waals surface area (Å²) in [6.45, 7) is 5.94. The molecule has 0 N–H and O–H groups in total. The van der Waals surface area contributed by atoms with Crippen LogP contribution in [0.4, 0.5) is 0 Å². The Hall–Kier alpha value is -3.13.